The second-order valence-electron chi connectivity index (χ2n) is 20.8. The Morgan fingerprint density at radius 1 is 0.150 bits per heavy atom. The van der Waals surface area contributed by atoms with Gasteiger partial charge in [-0.2, -0.15) is 0 Å². The smallest absolute Gasteiger partial charge is 0.0540 e. The Labute approximate surface area is 465 Å². The predicted octanol–water partition coefficient (Wildman–Crippen LogP) is 22.2. The molecule has 0 fully saturated rings. The van der Waals surface area contributed by atoms with E-state index in [1.807, 2.05) is 0 Å². The van der Waals surface area contributed by atoms with Gasteiger partial charge in [0.2, 0.25) is 0 Å². The highest BCUT2D eigenvalue weighted by Gasteiger charge is 2.22. The maximum absolute atomic E-state index is 2.48. The van der Waals surface area contributed by atoms with E-state index >= 15 is 0 Å². The Morgan fingerprint density at radius 2 is 0.412 bits per heavy atom. The zero-order valence-electron chi connectivity index (χ0n) is 43.9. The molecular formula is C78H52N2. The van der Waals surface area contributed by atoms with Crippen LogP contribution < -0.4 is 9.80 Å². The van der Waals surface area contributed by atoms with E-state index in [2.05, 4.69) is 325 Å². The van der Waals surface area contributed by atoms with Gasteiger partial charge in [0.25, 0.3) is 0 Å². The molecule has 0 saturated carbocycles. The van der Waals surface area contributed by atoms with Crippen molar-refractivity contribution < 1.29 is 0 Å². The Kier molecular flexibility index (Phi) is 11.6. The van der Waals surface area contributed by atoms with Crippen LogP contribution in [-0.4, -0.2) is 0 Å². The third-order valence-corrected chi connectivity index (χ3v) is 16.2. The van der Waals surface area contributed by atoms with E-state index in [4.69, 9.17) is 0 Å². The minimum atomic E-state index is 1.10. The van der Waals surface area contributed by atoms with Gasteiger partial charge in [0.05, 0.1) is 11.4 Å². The molecule has 2 nitrogen and oxygen atoms in total. The number of hydrogen-bond donors (Lipinski definition) is 0. The lowest BCUT2D eigenvalue weighted by molar-refractivity contribution is 1.29. The molecule has 0 aliphatic rings. The van der Waals surface area contributed by atoms with E-state index in [1.165, 1.54) is 109 Å². The summed E-state index contributed by atoms with van der Waals surface area (Å²) in [7, 11) is 0. The van der Waals surface area contributed by atoms with Crippen LogP contribution in [0.5, 0.6) is 0 Å². The molecule has 374 valence electrons. The molecule has 0 N–H and O–H groups in total. The third kappa shape index (κ3) is 8.13. The molecule has 15 aromatic rings. The number of nitrogens with zero attached hydrogens (tertiary/aromatic N) is 2. The average molecular weight is 1020 g/mol. The van der Waals surface area contributed by atoms with E-state index in [1.54, 1.807) is 0 Å². The van der Waals surface area contributed by atoms with Gasteiger partial charge in [-0.3, -0.25) is 0 Å². The molecule has 0 heterocycles. The summed E-state index contributed by atoms with van der Waals surface area (Å²) in [5, 5.41) is 14.8. The maximum Gasteiger partial charge on any atom is 0.0540 e. The van der Waals surface area contributed by atoms with Crippen LogP contribution in [-0.2, 0) is 0 Å². The monoisotopic (exact) mass is 1020 g/mol. The first kappa shape index (κ1) is 46.7. The SMILES string of the molecule is c1ccc(-c2ccc(-c3ccccc3N(c3ccccc3)c3ccc4c(c3)c3ccccc3c3cc5c6ccc(N(c7ccccc7)c7ccccc7-c7ccc(-c8ccccc8)cc7)cc6c6ccccc6c5cc43)cc2)cc1. The van der Waals surface area contributed by atoms with E-state index < -0.39 is 0 Å². The fraction of sp³-hybridized carbons (Fsp3) is 0. The number of hydrogen-bond acceptors (Lipinski definition) is 2. The Bertz CT molecular complexity index is 4480. The largest absolute Gasteiger partial charge is 0.310 e. The Morgan fingerprint density at radius 3 is 0.775 bits per heavy atom. The zero-order chi connectivity index (χ0) is 52.9. The molecule has 15 aromatic carbocycles. The molecule has 0 aliphatic carbocycles. The summed E-state index contributed by atoms with van der Waals surface area (Å²) >= 11 is 0. The molecule has 0 aliphatic heterocycles. The molecular weight excluding hydrogens is 965 g/mol. The summed E-state index contributed by atoms with van der Waals surface area (Å²) in [5.74, 6) is 0. The van der Waals surface area contributed by atoms with Crippen LogP contribution in [0, 0.1) is 0 Å². The summed E-state index contributed by atoms with van der Waals surface area (Å²) in [4.78, 5) is 4.85. The van der Waals surface area contributed by atoms with Crippen molar-refractivity contribution in [2.75, 3.05) is 9.80 Å². The lowest BCUT2D eigenvalue weighted by atomic mass is 9.88. The molecule has 0 unspecified atom stereocenters. The molecule has 0 radical (unpaired) electrons. The van der Waals surface area contributed by atoms with Gasteiger partial charge in [-0.05, 0) is 171 Å². The van der Waals surface area contributed by atoms with Crippen LogP contribution in [0.1, 0.15) is 0 Å². The summed E-state index contributed by atoms with van der Waals surface area (Å²) < 4.78 is 0. The van der Waals surface area contributed by atoms with E-state index in [9.17, 15) is 0 Å². The van der Waals surface area contributed by atoms with Gasteiger partial charge in [-0.1, -0.05) is 243 Å². The Balaban J connectivity index is 0.890. The van der Waals surface area contributed by atoms with Crippen molar-refractivity contribution in [2.24, 2.45) is 0 Å². The van der Waals surface area contributed by atoms with Crippen LogP contribution in [0.2, 0.25) is 0 Å². The molecule has 0 amide bonds. The van der Waals surface area contributed by atoms with Crippen molar-refractivity contribution in [3.8, 4) is 44.5 Å². The summed E-state index contributed by atoms with van der Waals surface area (Å²) in [6.45, 7) is 0. The van der Waals surface area contributed by atoms with Gasteiger partial charge in [0.15, 0.2) is 0 Å². The standard InChI is InChI=1S/C78H52N2/c1-5-21-53(22-6-1)55-37-41-57(42-38-55)63-29-17-19-35-77(63)79(59-25-9-3-10-26-59)61-45-47-69-71(49-61)65-31-13-15-33-67(65)73-52-76-70-48-46-62(50-72(70)66-32-14-16-34-68(66)74(76)51-75(69)73)80(60-27-11-4-12-28-60)78-36-20-18-30-64(78)58-43-39-56(40-44-58)54-23-7-2-8-24-54/h1-52H. The molecule has 0 bridgehead atoms. The molecule has 0 saturated heterocycles. The number of para-hydroxylation sites is 4. The fourth-order valence-corrected chi connectivity index (χ4v) is 12.4. The first-order valence-electron chi connectivity index (χ1n) is 27.6. The normalized spacial score (nSPS) is 11.5. The minimum absolute atomic E-state index is 1.10. The minimum Gasteiger partial charge on any atom is -0.310 e. The van der Waals surface area contributed by atoms with E-state index in [0.29, 0.717) is 0 Å². The molecule has 0 aromatic heterocycles. The molecule has 0 spiro atoms. The summed E-state index contributed by atoms with van der Waals surface area (Å²) in [5.41, 5.74) is 16.1. The topological polar surface area (TPSA) is 6.48 Å². The number of fused-ring (bicyclic) bond motifs is 12. The van der Waals surface area contributed by atoms with Crippen LogP contribution in [0.4, 0.5) is 34.1 Å². The second-order valence-corrected chi connectivity index (χ2v) is 20.8. The zero-order valence-corrected chi connectivity index (χ0v) is 43.9. The quantitative estimate of drug-likeness (QED) is 0.0995. The van der Waals surface area contributed by atoms with Crippen molar-refractivity contribution in [1.29, 1.82) is 0 Å². The van der Waals surface area contributed by atoms with Gasteiger partial charge < -0.3 is 9.80 Å². The summed E-state index contributed by atoms with van der Waals surface area (Å²) in [6, 6.07) is 116. The van der Waals surface area contributed by atoms with Crippen molar-refractivity contribution in [3.63, 3.8) is 0 Å². The number of anilines is 6. The van der Waals surface area contributed by atoms with Gasteiger partial charge in [0.1, 0.15) is 0 Å². The first-order valence-corrected chi connectivity index (χ1v) is 27.6. The summed E-state index contributed by atoms with van der Waals surface area (Å²) in [6.07, 6.45) is 0. The van der Waals surface area contributed by atoms with Crippen LogP contribution in [0.25, 0.3) is 109 Å². The van der Waals surface area contributed by atoms with Crippen molar-refractivity contribution in [2.45, 2.75) is 0 Å². The third-order valence-electron chi connectivity index (χ3n) is 16.2. The first-order chi connectivity index (χ1) is 39.7. The lowest BCUT2D eigenvalue weighted by Gasteiger charge is -2.28. The highest BCUT2D eigenvalue weighted by Crippen LogP contribution is 2.48. The lowest BCUT2D eigenvalue weighted by Crippen LogP contribution is -2.11. The average Bonchev–Trinajstić information content (AvgIpc) is 3.73. The molecule has 0 atom stereocenters. The predicted molar refractivity (Wildman–Crippen MR) is 343 cm³/mol. The highest BCUT2D eigenvalue weighted by atomic mass is 15.1. The van der Waals surface area contributed by atoms with Crippen molar-refractivity contribution >= 4 is 98.8 Å². The maximum atomic E-state index is 2.48. The van der Waals surface area contributed by atoms with E-state index in [0.717, 1.165) is 34.1 Å². The molecule has 2 heteroatoms. The van der Waals surface area contributed by atoms with Crippen LogP contribution in [0.3, 0.4) is 0 Å². The van der Waals surface area contributed by atoms with Gasteiger partial charge in [0, 0.05) is 33.9 Å². The second kappa shape index (κ2) is 19.8. The van der Waals surface area contributed by atoms with E-state index in [-0.39, 0.29) is 0 Å². The fourth-order valence-electron chi connectivity index (χ4n) is 12.4. The molecule has 80 heavy (non-hydrogen) atoms. The van der Waals surface area contributed by atoms with Gasteiger partial charge in [-0.15, -0.1) is 0 Å². The number of benzene rings is 15. The van der Waals surface area contributed by atoms with Crippen LogP contribution >= 0.6 is 0 Å². The van der Waals surface area contributed by atoms with Crippen molar-refractivity contribution in [1.82, 2.24) is 0 Å². The number of rotatable bonds is 10. The van der Waals surface area contributed by atoms with Crippen molar-refractivity contribution in [3.05, 3.63) is 315 Å². The van der Waals surface area contributed by atoms with Gasteiger partial charge >= 0.3 is 0 Å². The molecule has 15 rings (SSSR count). The Hall–Kier alpha value is -10.5. The highest BCUT2D eigenvalue weighted by molar-refractivity contribution is 6.33. The van der Waals surface area contributed by atoms with Gasteiger partial charge in [-0.25, -0.2) is 0 Å². The van der Waals surface area contributed by atoms with Crippen LogP contribution in [0.15, 0.2) is 315 Å².